The Hall–Kier alpha value is -1.90. The van der Waals surface area contributed by atoms with Gasteiger partial charge in [0, 0.05) is 19.6 Å². The van der Waals surface area contributed by atoms with Gasteiger partial charge in [0.1, 0.15) is 5.82 Å². The molecule has 9 heteroatoms. The number of halogens is 3. The number of piperidine rings is 1. The number of alkyl halides is 3. The van der Waals surface area contributed by atoms with Crippen molar-refractivity contribution in [1.82, 2.24) is 24.7 Å². The lowest BCUT2D eigenvalue weighted by Gasteiger charge is -2.34. The molecule has 2 unspecified atom stereocenters. The van der Waals surface area contributed by atoms with E-state index in [4.69, 9.17) is 0 Å². The fourth-order valence-corrected chi connectivity index (χ4v) is 3.55. The average Bonchev–Trinajstić information content (AvgIpc) is 2.94. The summed E-state index contributed by atoms with van der Waals surface area (Å²) in [4.78, 5) is 2.46. The number of nitrogens with one attached hydrogen (secondary N) is 1. The van der Waals surface area contributed by atoms with Crippen molar-refractivity contribution in [3.8, 4) is 0 Å². The van der Waals surface area contributed by atoms with Gasteiger partial charge in [-0.25, -0.2) is 0 Å². The molecule has 0 radical (unpaired) electrons. The third-order valence-corrected chi connectivity index (χ3v) is 4.42. The summed E-state index contributed by atoms with van der Waals surface area (Å²) in [6.45, 7) is 8.41. The fourth-order valence-electron chi connectivity index (χ4n) is 3.55. The van der Waals surface area contributed by atoms with E-state index in [1.807, 2.05) is 0 Å². The van der Waals surface area contributed by atoms with Gasteiger partial charge in [0.25, 0.3) is 5.82 Å². The van der Waals surface area contributed by atoms with Crippen LogP contribution < -0.4 is 5.32 Å². The van der Waals surface area contributed by atoms with Crippen LogP contribution in [0.1, 0.15) is 32.5 Å². The molecule has 1 aliphatic rings. The number of likely N-dealkylation sites (tertiary alicyclic amines) is 1. The Morgan fingerprint density at radius 3 is 2.56 bits per heavy atom. The monoisotopic (exact) mass is 356 g/mol. The fraction of sp³-hybridized carbons (Fsp3) is 0.688. The molecule has 6 nitrogen and oxygen atoms in total. The van der Waals surface area contributed by atoms with E-state index in [0.717, 1.165) is 42.4 Å². The van der Waals surface area contributed by atoms with E-state index in [1.54, 1.807) is 6.07 Å². The largest absolute Gasteiger partial charge is 0.453 e. The first kappa shape index (κ1) is 17.9. The molecule has 0 spiro atoms. The molecule has 0 bridgehead atoms. The Balaban J connectivity index is 1.55. The van der Waals surface area contributed by atoms with E-state index in [0.29, 0.717) is 12.4 Å². The topological polar surface area (TPSA) is 58.3 Å². The lowest BCUT2D eigenvalue weighted by Crippen LogP contribution is -2.39. The normalized spacial score (nSPS) is 22.4. The minimum absolute atomic E-state index is 0.0779. The minimum atomic E-state index is -4.58. The van der Waals surface area contributed by atoms with E-state index in [9.17, 15) is 13.2 Å². The standard InChI is InChI=1S/C16H23F3N6/c1-11-8-12(2)10-24(9-11)7-3-6-20-13-4-5-14-21-22-15(16(17,18)19)25(14)23-13/h4-5,11-12H,3,6-10H2,1-2H3,(H,20,23). The van der Waals surface area contributed by atoms with Crippen molar-refractivity contribution in [2.24, 2.45) is 11.8 Å². The van der Waals surface area contributed by atoms with E-state index in [-0.39, 0.29) is 5.65 Å². The van der Waals surface area contributed by atoms with Crippen LogP contribution in [0.3, 0.4) is 0 Å². The molecule has 0 aromatic carbocycles. The van der Waals surface area contributed by atoms with Crippen LogP contribution in [-0.2, 0) is 6.18 Å². The maximum atomic E-state index is 12.9. The summed E-state index contributed by atoms with van der Waals surface area (Å²) in [5.41, 5.74) is 0.0779. The third-order valence-electron chi connectivity index (χ3n) is 4.42. The van der Waals surface area contributed by atoms with Crippen molar-refractivity contribution in [1.29, 1.82) is 0 Å². The molecule has 2 aromatic rings. The Kier molecular flexibility index (Phi) is 5.12. The highest BCUT2D eigenvalue weighted by molar-refractivity contribution is 5.44. The van der Waals surface area contributed by atoms with Gasteiger partial charge in [-0.1, -0.05) is 13.8 Å². The molecule has 0 amide bonds. The molecule has 3 heterocycles. The first-order valence-electron chi connectivity index (χ1n) is 8.59. The van der Waals surface area contributed by atoms with Gasteiger partial charge in [0.2, 0.25) is 0 Å². The van der Waals surface area contributed by atoms with Crippen LogP contribution in [0, 0.1) is 11.8 Å². The molecule has 1 saturated heterocycles. The number of rotatable bonds is 5. The number of hydrogen-bond acceptors (Lipinski definition) is 5. The van der Waals surface area contributed by atoms with Crippen molar-refractivity contribution in [2.45, 2.75) is 32.9 Å². The summed E-state index contributed by atoms with van der Waals surface area (Å²) in [6, 6.07) is 3.10. The lowest BCUT2D eigenvalue weighted by molar-refractivity contribution is -0.146. The molecule has 2 aromatic heterocycles. The van der Waals surface area contributed by atoms with Gasteiger partial charge in [-0.15, -0.1) is 15.3 Å². The number of fused-ring (bicyclic) bond motifs is 1. The molecular weight excluding hydrogens is 333 g/mol. The second-order valence-corrected chi connectivity index (χ2v) is 7.00. The van der Waals surface area contributed by atoms with Crippen LogP contribution >= 0.6 is 0 Å². The molecule has 2 atom stereocenters. The summed E-state index contributed by atoms with van der Waals surface area (Å²) in [5.74, 6) is 0.714. The summed E-state index contributed by atoms with van der Waals surface area (Å²) < 4.78 is 39.3. The molecule has 0 saturated carbocycles. The quantitative estimate of drug-likeness (QED) is 0.835. The maximum absolute atomic E-state index is 12.9. The predicted molar refractivity (Wildman–Crippen MR) is 88.3 cm³/mol. The summed E-state index contributed by atoms with van der Waals surface area (Å²) in [6.07, 6.45) is -2.39. The van der Waals surface area contributed by atoms with E-state index < -0.39 is 12.0 Å². The molecular formula is C16H23F3N6. The van der Waals surface area contributed by atoms with Crippen LogP contribution in [0.15, 0.2) is 12.1 Å². The van der Waals surface area contributed by atoms with Crippen molar-refractivity contribution in [3.05, 3.63) is 18.0 Å². The second kappa shape index (κ2) is 7.15. The van der Waals surface area contributed by atoms with Crippen molar-refractivity contribution < 1.29 is 13.2 Å². The van der Waals surface area contributed by atoms with Crippen LogP contribution in [0.5, 0.6) is 0 Å². The second-order valence-electron chi connectivity index (χ2n) is 7.00. The van der Waals surface area contributed by atoms with Gasteiger partial charge in [0.15, 0.2) is 5.65 Å². The Bertz CT molecular complexity index is 703. The van der Waals surface area contributed by atoms with Gasteiger partial charge in [-0.05, 0) is 43.4 Å². The maximum Gasteiger partial charge on any atom is 0.453 e. The Labute approximate surface area is 144 Å². The van der Waals surface area contributed by atoms with Crippen LogP contribution in [0.2, 0.25) is 0 Å². The highest BCUT2D eigenvalue weighted by Gasteiger charge is 2.37. The highest BCUT2D eigenvalue weighted by atomic mass is 19.4. The molecule has 1 fully saturated rings. The van der Waals surface area contributed by atoms with Gasteiger partial charge >= 0.3 is 6.18 Å². The SMILES string of the molecule is CC1CC(C)CN(CCCNc2ccc3nnc(C(F)(F)F)n3n2)C1. The van der Waals surface area contributed by atoms with Crippen LogP contribution in [0.4, 0.5) is 19.0 Å². The highest BCUT2D eigenvalue weighted by Crippen LogP contribution is 2.27. The number of anilines is 1. The summed E-state index contributed by atoms with van der Waals surface area (Å²) >= 11 is 0. The third kappa shape index (κ3) is 4.39. The van der Waals surface area contributed by atoms with E-state index >= 15 is 0 Å². The smallest absolute Gasteiger partial charge is 0.369 e. The Morgan fingerprint density at radius 2 is 1.88 bits per heavy atom. The molecule has 138 valence electrons. The summed E-state index contributed by atoms with van der Waals surface area (Å²) in [5, 5.41) is 13.7. The van der Waals surface area contributed by atoms with E-state index in [1.165, 1.54) is 12.5 Å². The zero-order chi connectivity index (χ0) is 18.0. The zero-order valence-corrected chi connectivity index (χ0v) is 14.4. The molecule has 1 aliphatic heterocycles. The number of nitrogens with zero attached hydrogens (tertiary/aromatic N) is 5. The zero-order valence-electron chi connectivity index (χ0n) is 14.4. The molecule has 1 N–H and O–H groups in total. The van der Waals surface area contributed by atoms with Crippen LogP contribution in [-0.4, -0.2) is 50.9 Å². The predicted octanol–water partition coefficient (Wildman–Crippen LogP) is 2.92. The average molecular weight is 356 g/mol. The van der Waals surface area contributed by atoms with Crippen molar-refractivity contribution in [2.75, 3.05) is 31.5 Å². The van der Waals surface area contributed by atoms with Gasteiger partial charge < -0.3 is 10.2 Å². The first-order valence-corrected chi connectivity index (χ1v) is 8.59. The molecule has 3 rings (SSSR count). The van der Waals surface area contributed by atoms with Crippen molar-refractivity contribution >= 4 is 11.5 Å². The number of hydrogen-bond donors (Lipinski definition) is 1. The van der Waals surface area contributed by atoms with Crippen LogP contribution in [0.25, 0.3) is 5.65 Å². The number of aromatic nitrogens is 4. The first-order chi connectivity index (χ1) is 11.8. The van der Waals surface area contributed by atoms with Gasteiger partial charge in [-0.2, -0.15) is 17.7 Å². The minimum Gasteiger partial charge on any atom is -0.369 e. The van der Waals surface area contributed by atoms with Crippen molar-refractivity contribution in [3.63, 3.8) is 0 Å². The Morgan fingerprint density at radius 1 is 1.16 bits per heavy atom. The summed E-state index contributed by atoms with van der Waals surface area (Å²) in [7, 11) is 0. The van der Waals surface area contributed by atoms with E-state index in [2.05, 4.69) is 39.4 Å². The molecule has 25 heavy (non-hydrogen) atoms. The van der Waals surface area contributed by atoms with Gasteiger partial charge in [0.05, 0.1) is 0 Å². The molecule has 0 aliphatic carbocycles. The van der Waals surface area contributed by atoms with Gasteiger partial charge in [-0.3, -0.25) is 0 Å². The lowest BCUT2D eigenvalue weighted by atomic mass is 9.92.